The van der Waals surface area contributed by atoms with E-state index in [2.05, 4.69) is 5.32 Å². The molecule has 0 unspecified atom stereocenters. The Balaban J connectivity index is 1.97. The molecule has 0 aliphatic rings. The number of para-hydroxylation sites is 1. The quantitative estimate of drug-likeness (QED) is 0.679. The van der Waals surface area contributed by atoms with Crippen LogP contribution in [0.5, 0.6) is 0 Å². The van der Waals surface area contributed by atoms with Crippen molar-refractivity contribution >= 4 is 17.6 Å². The average Bonchev–Trinajstić information content (AvgIpc) is 2.54. The molecule has 0 saturated carbocycles. The van der Waals surface area contributed by atoms with Crippen LogP contribution in [-0.4, -0.2) is 19.0 Å². The molecule has 114 valence electrons. The maximum absolute atomic E-state index is 12.0. The predicted octanol–water partition coefficient (Wildman–Crippen LogP) is 2.10. The summed E-state index contributed by atoms with van der Waals surface area (Å²) in [5.74, 6) is -0.617. The van der Waals surface area contributed by atoms with Gasteiger partial charge < -0.3 is 10.1 Å². The fourth-order valence-electron chi connectivity index (χ4n) is 2.00. The maximum Gasteiger partial charge on any atom is 0.339 e. The summed E-state index contributed by atoms with van der Waals surface area (Å²) in [7, 11) is 1.31. The van der Waals surface area contributed by atoms with E-state index in [9.17, 15) is 9.59 Å². The minimum Gasteiger partial charge on any atom is -0.465 e. The molecule has 0 spiro atoms. The number of hydrogen-bond acceptors (Lipinski definition) is 3. The highest BCUT2D eigenvalue weighted by atomic mass is 16.5. The number of amides is 1. The SMILES string of the molecule is COC(=O)c1ccccc1NC(=O)CC[n+]1ccc(C)cc1. The lowest BCUT2D eigenvalue weighted by Gasteiger charge is -2.08. The molecule has 0 bridgehead atoms. The molecule has 0 aliphatic carbocycles. The summed E-state index contributed by atoms with van der Waals surface area (Å²) in [6, 6.07) is 10.8. The molecule has 0 radical (unpaired) electrons. The molecule has 22 heavy (non-hydrogen) atoms. The number of nitrogens with one attached hydrogen (secondary N) is 1. The van der Waals surface area contributed by atoms with Crippen molar-refractivity contribution in [3.63, 3.8) is 0 Å². The van der Waals surface area contributed by atoms with Gasteiger partial charge in [-0.25, -0.2) is 9.36 Å². The van der Waals surface area contributed by atoms with Gasteiger partial charge in [-0.1, -0.05) is 12.1 Å². The zero-order valence-electron chi connectivity index (χ0n) is 12.7. The van der Waals surface area contributed by atoms with Gasteiger partial charge in [0.15, 0.2) is 18.9 Å². The lowest BCUT2D eigenvalue weighted by molar-refractivity contribution is -0.695. The third-order valence-corrected chi connectivity index (χ3v) is 3.26. The van der Waals surface area contributed by atoms with Crippen LogP contribution in [0.4, 0.5) is 5.69 Å². The lowest BCUT2D eigenvalue weighted by atomic mass is 10.1. The second-order valence-corrected chi connectivity index (χ2v) is 4.95. The number of carbonyl (C=O) groups is 2. The number of anilines is 1. The Morgan fingerprint density at radius 3 is 2.50 bits per heavy atom. The topological polar surface area (TPSA) is 59.3 Å². The van der Waals surface area contributed by atoms with Gasteiger partial charge >= 0.3 is 5.97 Å². The molecule has 2 rings (SSSR count). The predicted molar refractivity (Wildman–Crippen MR) is 82.4 cm³/mol. The largest absolute Gasteiger partial charge is 0.465 e. The van der Waals surface area contributed by atoms with Crippen LogP contribution in [0.3, 0.4) is 0 Å². The van der Waals surface area contributed by atoms with E-state index in [0.29, 0.717) is 24.2 Å². The van der Waals surface area contributed by atoms with Crippen LogP contribution < -0.4 is 9.88 Å². The smallest absolute Gasteiger partial charge is 0.339 e. The van der Waals surface area contributed by atoms with Gasteiger partial charge in [0.1, 0.15) is 0 Å². The van der Waals surface area contributed by atoms with E-state index in [4.69, 9.17) is 4.74 Å². The number of carbonyl (C=O) groups excluding carboxylic acids is 2. The molecular formula is C17H19N2O3+. The van der Waals surface area contributed by atoms with Crippen LogP contribution in [0.1, 0.15) is 22.3 Å². The van der Waals surface area contributed by atoms with Gasteiger partial charge in [0, 0.05) is 12.1 Å². The molecule has 1 heterocycles. The van der Waals surface area contributed by atoms with Crippen molar-refractivity contribution < 1.29 is 18.9 Å². The molecule has 1 amide bonds. The number of rotatable bonds is 5. The van der Waals surface area contributed by atoms with Gasteiger partial charge in [-0.05, 0) is 24.6 Å². The first kappa shape index (κ1) is 15.7. The molecule has 2 aromatic rings. The standard InChI is InChI=1S/C17H18N2O3/c1-13-7-10-19(11-8-13)12-9-16(20)18-15-6-4-3-5-14(15)17(21)22-2/h3-8,10-11H,9,12H2,1-2H3/p+1. The third kappa shape index (κ3) is 4.15. The van der Waals surface area contributed by atoms with E-state index in [1.54, 1.807) is 24.3 Å². The molecule has 1 aromatic heterocycles. The molecule has 1 N–H and O–H groups in total. The van der Waals surface area contributed by atoms with Gasteiger partial charge in [0.05, 0.1) is 24.8 Å². The van der Waals surface area contributed by atoms with Crippen LogP contribution in [-0.2, 0) is 16.1 Å². The van der Waals surface area contributed by atoms with Gasteiger partial charge in [-0.2, -0.15) is 0 Å². The van der Waals surface area contributed by atoms with Crippen molar-refractivity contribution in [2.45, 2.75) is 19.9 Å². The number of benzene rings is 1. The first-order chi connectivity index (χ1) is 10.6. The second kappa shape index (κ2) is 7.36. The molecule has 0 atom stereocenters. The Bertz CT molecular complexity index is 666. The molecule has 5 nitrogen and oxygen atoms in total. The Hall–Kier alpha value is -2.69. The zero-order chi connectivity index (χ0) is 15.9. The van der Waals surface area contributed by atoms with Crippen molar-refractivity contribution in [3.8, 4) is 0 Å². The van der Waals surface area contributed by atoms with Crippen molar-refractivity contribution in [1.29, 1.82) is 0 Å². The second-order valence-electron chi connectivity index (χ2n) is 4.95. The molecular weight excluding hydrogens is 280 g/mol. The number of esters is 1. The van der Waals surface area contributed by atoms with Gasteiger partial charge in [-0.3, -0.25) is 4.79 Å². The average molecular weight is 299 g/mol. The molecule has 0 fully saturated rings. The highest BCUT2D eigenvalue weighted by molar-refractivity contribution is 6.01. The highest BCUT2D eigenvalue weighted by Gasteiger charge is 2.14. The maximum atomic E-state index is 12.0. The van der Waals surface area contributed by atoms with E-state index in [0.717, 1.165) is 0 Å². The van der Waals surface area contributed by atoms with E-state index < -0.39 is 5.97 Å². The van der Waals surface area contributed by atoms with Crippen LogP contribution in [0.25, 0.3) is 0 Å². The number of nitrogens with zero attached hydrogens (tertiary/aromatic N) is 1. The Kier molecular flexibility index (Phi) is 5.25. The molecule has 0 saturated heterocycles. The first-order valence-electron chi connectivity index (χ1n) is 7.03. The number of pyridine rings is 1. The van der Waals surface area contributed by atoms with Gasteiger partial charge in [0.25, 0.3) is 0 Å². The number of hydrogen-bond donors (Lipinski definition) is 1. The van der Waals surface area contributed by atoms with E-state index >= 15 is 0 Å². The van der Waals surface area contributed by atoms with Crippen molar-refractivity contribution in [2.24, 2.45) is 0 Å². The summed E-state index contributed by atoms with van der Waals surface area (Å²) in [5.41, 5.74) is 1.99. The fourth-order valence-corrected chi connectivity index (χ4v) is 2.00. The molecule has 1 aromatic carbocycles. The van der Waals surface area contributed by atoms with E-state index in [-0.39, 0.29) is 5.91 Å². The number of aromatic nitrogens is 1. The lowest BCUT2D eigenvalue weighted by Crippen LogP contribution is -2.34. The Morgan fingerprint density at radius 2 is 1.82 bits per heavy atom. The monoisotopic (exact) mass is 299 g/mol. The molecule has 0 aliphatic heterocycles. The number of methoxy groups -OCH3 is 1. The summed E-state index contributed by atoms with van der Waals surface area (Å²) in [4.78, 5) is 23.7. The minimum absolute atomic E-state index is 0.149. The van der Waals surface area contributed by atoms with Crippen molar-refractivity contribution in [3.05, 3.63) is 59.9 Å². The van der Waals surface area contributed by atoms with Gasteiger partial charge in [0.2, 0.25) is 5.91 Å². The summed E-state index contributed by atoms with van der Waals surface area (Å²) in [6.07, 6.45) is 4.19. The van der Waals surface area contributed by atoms with Crippen molar-refractivity contribution in [2.75, 3.05) is 12.4 Å². The van der Waals surface area contributed by atoms with Gasteiger partial charge in [-0.15, -0.1) is 0 Å². The van der Waals surface area contributed by atoms with Crippen molar-refractivity contribution in [1.82, 2.24) is 0 Å². The minimum atomic E-state index is -0.469. The first-order valence-corrected chi connectivity index (χ1v) is 7.03. The summed E-state index contributed by atoms with van der Waals surface area (Å²) in [5, 5.41) is 2.75. The Labute approximate surface area is 129 Å². The summed E-state index contributed by atoms with van der Waals surface area (Å²) >= 11 is 0. The van der Waals surface area contributed by atoms with E-state index in [1.807, 2.05) is 36.0 Å². The van der Waals surface area contributed by atoms with Crippen LogP contribution in [0.2, 0.25) is 0 Å². The van der Waals surface area contributed by atoms with E-state index in [1.165, 1.54) is 12.7 Å². The number of ether oxygens (including phenoxy) is 1. The third-order valence-electron chi connectivity index (χ3n) is 3.26. The summed E-state index contributed by atoms with van der Waals surface area (Å²) < 4.78 is 6.65. The Morgan fingerprint density at radius 1 is 1.14 bits per heavy atom. The zero-order valence-corrected chi connectivity index (χ0v) is 12.7. The van der Waals surface area contributed by atoms with Crippen LogP contribution in [0, 0.1) is 6.92 Å². The number of aryl methyl sites for hydroxylation is 2. The fraction of sp³-hybridized carbons (Fsp3) is 0.235. The molecule has 5 heteroatoms. The highest BCUT2D eigenvalue weighted by Crippen LogP contribution is 2.16. The summed E-state index contributed by atoms with van der Waals surface area (Å²) in [6.45, 7) is 2.59. The van der Waals surface area contributed by atoms with Crippen LogP contribution in [0.15, 0.2) is 48.8 Å². The van der Waals surface area contributed by atoms with Crippen LogP contribution >= 0.6 is 0 Å². The normalized spacial score (nSPS) is 10.1.